The molecule has 0 aliphatic carbocycles. The van der Waals surface area contributed by atoms with Gasteiger partial charge in [-0.2, -0.15) is 3.84 Å². The van der Waals surface area contributed by atoms with E-state index in [4.69, 9.17) is 0 Å². The van der Waals surface area contributed by atoms with E-state index in [1.165, 1.54) is 0 Å². The summed E-state index contributed by atoms with van der Waals surface area (Å²) in [4.78, 5) is 0. The molecule has 0 heterocycles. The van der Waals surface area contributed by atoms with Gasteiger partial charge in [0.05, 0.1) is 23.7 Å². The fourth-order valence-corrected chi connectivity index (χ4v) is 0. The summed E-state index contributed by atoms with van der Waals surface area (Å²) in [5.41, 5.74) is 0. The Hall–Kier alpha value is 3.57. The van der Waals surface area contributed by atoms with Crippen molar-refractivity contribution in [1.29, 1.82) is 0 Å². The molecule has 8 heteroatoms. The van der Waals surface area contributed by atoms with E-state index >= 15 is 0 Å². The maximum absolute atomic E-state index is 4.26. The molecule has 0 aliphatic rings. The predicted octanol–water partition coefficient (Wildman–Crippen LogP) is -10.7. The minimum absolute atomic E-state index is 0. The van der Waals surface area contributed by atoms with Crippen molar-refractivity contribution in [3.8, 4) is 0 Å². The van der Waals surface area contributed by atoms with Crippen LogP contribution >= 0.6 is 23.7 Å². The van der Waals surface area contributed by atoms with Crippen molar-refractivity contribution < 1.29 is 110 Å². The number of hydrogen-bond acceptors (Lipinski definition) is 1. The minimum atomic E-state index is 0. The summed E-state index contributed by atoms with van der Waals surface area (Å²) >= 11 is 8.53. The van der Waals surface area contributed by atoms with Gasteiger partial charge < -0.3 is 37.2 Å². The van der Waals surface area contributed by atoms with Gasteiger partial charge in [-0.15, -0.1) is 0 Å². The van der Waals surface area contributed by atoms with E-state index in [-0.39, 0.29) is 106 Å². The molecule has 0 saturated carbocycles. The average molecular weight is 296 g/mol. The molecule has 0 amide bonds. The largest absolute Gasteiger partial charge is 2.00 e. The van der Waals surface area contributed by atoms with Crippen molar-refractivity contribution in [1.82, 2.24) is 0 Å². The van der Waals surface area contributed by atoms with Gasteiger partial charge >= 0.3 is 68.5 Å². The van der Waals surface area contributed by atoms with Crippen molar-refractivity contribution >= 4 is 23.7 Å². The van der Waals surface area contributed by atoms with Gasteiger partial charge in [0.1, 0.15) is 0 Å². The second kappa shape index (κ2) is 46.4. The van der Waals surface area contributed by atoms with E-state index in [0.717, 1.165) is 0 Å². The molecule has 0 fully saturated rings. The average Bonchev–Trinajstić information content (AvgIpc) is 0.918. The summed E-state index contributed by atoms with van der Waals surface area (Å²) < 4.78 is 3.19. The van der Waals surface area contributed by atoms with Gasteiger partial charge in [0, 0.05) is 0 Å². The van der Waals surface area contributed by atoms with Gasteiger partial charge in [-0.1, -0.05) is 0 Å². The SMILES string of the molecule is ClOCl.[Cl-].[Cl-].[Cl-].[Cu+2].[K+]. The maximum Gasteiger partial charge on any atom is 2.00 e. The van der Waals surface area contributed by atoms with E-state index in [9.17, 15) is 0 Å². The van der Waals surface area contributed by atoms with Crippen LogP contribution in [0.5, 0.6) is 0 Å². The molecule has 0 aliphatic heterocycles. The summed E-state index contributed by atoms with van der Waals surface area (Å²) in [6.07, 6.45) is 0. The molecule has 53 valence electrons. The molecule has 0 atom stereocenters. The molecule has 0 spiro atoms. The van der Waals surface area contributed by atoms with Crippen molar-refractivity contribution in [2.75, 3.05) is 0 Å². The standard InChI is InChI=1S/Cl2O.3ClH.Cu.K/c1-3-2;;;;;/h;3*1H;;/q;;;;+2;+1/p-3. The summed E-state index contributed by atoms with van der Waals surface area (Å²) in [6.45, 7) is 0. The molecule has 8 heavy (non-hydrogen) atoms. The molecule has 0 rings (SSSR count). The van der Waals surface area contributed by atoms with Crippen LogP contribution in [0.2, 0.25) is 0 Å². The van der Waals surface area contributed by atoms with Crippen LogP contribution in [-0.4, -0.2) is 0 Å². The number of rotatable bonds is 0. The van der Waals surface area contributed by atoms with Gasteiger partial charge in [0.25, 0.3) is 0 Å². The fourth-order valence-electron chi connectivity index (χ4n) is 0. The Morgan fingerprint density at radius 1 is 0.875 bits per heavy atom. The topological polar surface area (TPSA) is 9.23 Å². The Morgan fingerprint density at radius 2 is 0.875 bits per heavy atom. The third-order valence-corrected chi connectivity index (χ3v) is 0. The minimum Gasteiger partial charge on any atom is -1.00 e. The monoisotopic (exact) mass is 293 g/mol. The molecule has 1 radical (unpaired) electrons. The Bertz CT molecular complexity index is 12.4. The zero-order valence-corrected chi connectivity index (χ0v) is 11.4. The molecule has 0 unspecified atom stereocenters. The summed E-state index contributed by atoms with van der Waals surface area (Å²) in [7, 11) is 0. The van der Waals surface area contributed by atoms with Gasteiger partial charge in [-0.05, 0) is 0 Å². The van der Waals surface area contributed by atoms with Crippen LogP contribution in [0.1, 0.15) is 0 Å². The fraction of sp³-hybridized carbons (Fsp3) is 0. The van der Waals surface area contributed by atoms with Crippen LogP contribution in [0.15, 0.2) is 0 Å². The zero-order chi connectivity index (χ0) is 2.71. The maximum atomic E-state index is 4.26. The van der Waals surface area contributed by atoms with Gasteiger partial charge in [0.15, 0.2) is 0 Å². The van der Waals surface area contributed by atoms with Crippen LogP contribution in [0, 0.1) is 0 Å². The molecule has 0 bridgehead atoms. The Labute approximate surface area is 130 Å². The molecule has 1 nitrogen and oxygen atoms in total. The Morgan fingerprint density at radius 3 is 0.875 bits per heavy atom. The smallest absolute Gasteiger partial charge is 1.00 e. The Kier molecular flexibility index (Phi) is 242. The molecule has 0 aromatic rings. The van der Waals surface area contributed by atoms with Crippen LogP contribution in [0.4, 0.5) is 0 Å². The van der Waals surface area contributed by atoms with E-state index in [0.29, 0.717) is 0 Å². The van der Waals surface area contributed by atoms with E-state index in [2.05, 4.69) is 27.6 Å². The molecular formula is Cl5CuKO. The van der Waals surface area contributed by atoms with Crippen LogP contribution in [0.3, 0.4) is 0 Å². The second-order valence-electron chi connectivity index (χ2n) is 0.0583. The summed E-state index contributed by atoms with van der Waals surface area (Å²) in [6, 6.07) is 0. The third kappa shape index (κ3) is 55.2. The summed E-state index contributed by atoms with van der Waals surface area (Å²) in [5.74, 6) is 0. The van der Waals surface area contributed by atoms with Crippen molar-refractivity contribution in [2.45, 2.75) is 0 Å². The van der Waals surface area contributed by atoms with E-state index in [1.54, 1.807) is 0 Å². The molecule has 0 saturated heterocycles. The van der Waals surface area contributed by atoms with Crippen LogP contribution < -0.4 is 88.6 Å². The number of hydrogen-bond donors (Lipinski definition) is 0. The zero-order valence-electron chi connectivity index (χ0n) is 3.60. The van der Waals surface area contributed by atoms with Crippen molar-refractivity contribution in [2.24, 2.45) is 0 Å². The Balaban J connectivity index is -0.00000000200. The molecular weight excluding hydrogens is 296 g/mol. The van der Waals surface area contributed by atoms with Crippen molar-refractivity contribution in [3.05, 3.63) is 0 Å². The predicted molar refractivity (Wildman–Crippen MR) is 12.8 cm³/mol. The van der Waals surface area contributed by atoms with Gasteiger partial charge in [-0.3, -0.25) is 0 Å². The quantitative estimate of drug-likeness (QED) is 0.404. The van der Waals surface area contributed by atoms with Gasteiger partial charge in [0.2, 0.25) is 0 Å². The first-order valence-corrected chi connectivity index (χ1v) is 0.926. The first-order chi connectivity index (χ1) is 1.41. The second-order valence-corrected chi connectivity index (χ2v) is 0.525. The molecule has 0 aromatic heterocycles. The van der Waals surface area contributed by atoms with Crippen LogP contribution in [0.25, 0.3) is 0 Å². The first kappa shape index (κ1) is 41.7. The van der Waals surface area contributed by atoms with E-state index < -0.39 is 0 Å². The normalized spacial score (nSPS) is 2.25. The van der Waals surface area contributed by atoms with Gasteiger partial charge in [-0.25, -0.2) is 0 Å². The summed E-state index contributed by atoms with van der Waals surface area (Å²) in [5, 5.41) is 0. The van der Waals surface area contributed by atoms with E-state index in [1.807, 2.05) is 0 Å². The number of halogens is 5. The van der Waals surface area contributed by atoms with Crippen molar-refractivity contribution in [3.63, 3.8) is 0 Å². The van der Waals surface area contributed by atoms with Crippen LogP contribution in [-0.2, 0) is 20.9 Å². The molecule has 0 aromatic carbocycles. The molecule has 0 N–H and O–H groups in total. The first-order valence-electron chi connectivity index (χ1n) is 0.309. The third-order valence-electron chi connectivity index (χ3n) is 0.